The number of hydrogen-bond acceptors (Lipinski definition) is 4. The number of nitrogens with zero attached hydrogens (tertiary/aromatic N) is 3. The fourth-order valence-corrected chi connectivity index (χ4v) is 3.28. The van der Waals surface area contributed by atoms with Crippen LogP contribution in [0.1, 0.15) is 11.1 Å². The van der Waals surface area contributed by atoms with Crippen LogP contribution in [0.5, 0.6) is 0 Å². The van der Waals surface area contributed by atoms with Gasteiger partial charge in [0.15, 0.2) is 0 Å². The van der Waals surface area contributed by atoms with Gasteiger partial charge in [-0.05, 0) is 36.8 Å². The molecule has 0 unspecified atom stereocenters. The summed E-state index contributed by atoms with van der Waals surface area (Å²) in [4.78, 5) is 23.0. The third kappa shape index (κ3) is 3.51. The molecule has 3 aromatic rings. The van der Waals surface area contributed by atoms with Crippen LogP contribution in [-0.4, -0.2) is 40.4 Å². The van der Waals surface area contributed by atoms with E-state index in [1.165, 1.54) is 11.1 Å². The molecule has 0 atom stereocenters. The summed E-state index contributed by atoms with van der Waals surface area (Å²) >= 11 is 0. The zero-order valence-electron chi connectivity index (χ0n) is 14.2. The summed E-state index contributed by atoms with van der Waals surface area (Å²) < 4.78 is 0. The van der Waals surface area contributed by atoms with Gasteiger partial charge in [-0.2, -0.15) is 0 Å². The van der Waals surface area contributed by atoms with Gasteiger partial charge in [-0.3, -0.25) is 14.7 Å². The van der Waals surface area contributed by atoms with Crippen LogP contribution < -0.4 is 5.32 Å². The largest absolute Gasteiger partial charge is 0.354 e. The van der Waals surface area contributed by atoms with E-state index < -0.39 is 0 Å². The maximum atomic E-state index is 11.6. The second kappa shape index (κ2) is 6.61. The molecule has 1 aromatic heterocycles. The zero-order chi connectivity index (χ0) is 17.2. The minimum atomic E-state index is 0.0968. The molecule has 0 spiro atoms. The summed E-state index contributed by atoms with van der Waals surface area (Å²) in [5, 5.41) is 2.86. The first-order chi connectivity index (χ1) is 12.2. The Labute approximate surface area is 146 Å². The zero-order valence-corrected chi connectivity index (χ0v) is 14.2. The molecule has 126 valence electrons. The topological polar surface area (TPSA) is 58.1 Å². The first kappa shape index (κ1) is 15.7. The molecule has 2 aromatic carbocycles. The Hall–Kier alpha value is -2.79. The summed E-state index contributed by atoms with van der Waals surface area (Å²) in [5.74, 6) is 0.0968. The molecule has 0 saturated carbocycles. The van der Waals surface area contributed by atoms with E-state index in [9.17, 15) is 4.79 Å². The lowest BCUT2D eigenvalue weighted by Gasteiger charge is -2.26. The summed E-state index contributed by atoms with van der Waals surface area (Å²) in [6.07, 6.45) is 1.83. The fraction of sp³-hybridized carbons (Fsp3) is 0.250. The fourth-order valence-electron chi connectivity index (χ4n) is 3.28. The highest BCUT2D eigenvalue weighted by molar-refractivity contribution is 5.79. The SMILES string of the molecule is Cc1cc(CN2CCNC(=O)C2)cc(-c2cnc3ccccc3n2)c1. The molecule has 5 nitrogen and oxygen atoms in total. The smallest absolute Gasteiger partial charge is 0.234 e. The van der Waals surface area contributed by atoms with Gasteiger partial charge in [-0.1, -0.05) is 23.8 Å². The number of carbonyl (C=O) groups excluding carboxylic acids is 1. The van der Waals surface area contributed by atoms with Crippen LogP contribution in [0, 0.1) is 6.92 Å². The van der Waals surface area contributed by atoms with Crippen LogP contribution in [-0.2, 0) is 11.3 Å². The molecule has 1 amide bonds. The molecule has 1 aliphatic rings. The van der Waals surface area contributed by atoms with E-state index in [1.54, 1.807) is 0 Å². The van der Waals surface area contributed by atoms with E-state index in [-0.39, 0.29) is 5.91 Å². The second-order valence-electron chi connectivity index (χ2n) is 6.51. The number of hydrogen-bond donors (Lipinski definition) is 1. The number of benzene rings is 2. The van der Waals surface area contributed by atoms with Crippen molar-refractivity contribution in [2.24, 2.45) is 0 Å². The first-order valence-corrected chi connectivity index (χ1v) is 8.49. The Morgan fingerprint density at radius 3 is 2.84 bits per heavy atom. The van der Waals surface area contributed by atoms with E-state index in [0.717, 1.165) is 35.4 Å². The Kier molecular flexibility index (Phi) is 4.15. The van der Waals surface area contributed by atoms with Crippen molar-refractivity contribution in [2.75, 3.05) is 19.6 Å². The highest BCUT2D eigenvalue weighted by Gasteiger charge is 2.16. The summed E-state index contributed by atoms with van der Waals surface area (Å²) in [6, 6.07) is 14.3. The van der Waals surface area contributed by atoms with E-state index in [4.69, 9.17) is 4.98 Å². The number of fused-ring (bicyclic) bond motifs is 1. The molecule has 1 aliphatic heterocycles. The lowest BCUT2D eigenvalue weighted by atomic mass is 10.0. The normalized spacial score (nSPS) is 15.3. The lowest BCUT2D eigenvalue weighted by molar-refractivity contribution is -0.124. The van der Waals surface area contributed by atoms with Gasteiger partial charge in [0.25, 0.3) is 0 Å². The second-order valence-corrected chi connectivity index (χ2v) is 6.51. The summed E-state index contributed by atoms with van der Waals surface area (Å²) in [5.41, 5.74) is 6.12. The van der Waals surface area contributed by atoms with Crippen LogP contribution >= 0.6 is 0 Å². The van der Waals surface area contributed by atoms with Gasteiger partial charge in [-0.15, -0.1) is 0 Å². The highest BCUT2D eigenvalue weighted by Crippen LogP contribution is 2.23. The molecule has 25 heavy (non-hydrogen) atoms. The third-order valence-corrected chi connectivity index (χ3v) is 4.41. The van der Waals surface area contributed by atoms with Crippen molar-refractivity contribution in [1.29, 1.82) is 0 Å². The molecular formula is C20H20N4O. The number of aryl methyl sites for hydroxylation is 1. The maximum absolute atomic E-state index is 11.6. The molecule has 1 fully saturated rings. The van der Waals surface area contributed by atoms with E-state index in [1.807, 2.05) is 30.5 Å². The molecule has 2 heterocycles. The maximum Gasteiger partial charge on any atom is 0.234 e. The van der Waals surface area contributed by atoms with E-state index in [2.05, 4.69) is 40.3 Å². The van der Waals surface area contributed by atoms with Crippen molar-refractivity contribution >= 4 is 16.9 Å². The van der Waals surface area contributed by atoms with E-state index in [0.29, 0.717) is 13.1 Å². The number of amides is 1. The molecule has 5 heteroatoms. The van der Waals surface area contributed by atoms with Gasteiger partial charge in [0.1, 0.15) is 0 Å². The van der Waals surface area contributed by atoms with Crippen LogP contribution in [0.2, 0.25) is 0 Å². The Bertz CT molecular complexity index is 938. The molecule has 0 radical (unpaired) electrons. The number of nitrogens with one attached hydrogen (secondary N) is 1. The van der Waals surface area contributed by atoms with Gasteiger partial charge < -0.3 is 5.32 Å². The number of aromatic nitrogens is 2. The Morgan fingerprint density at radius 1 is 1.16 bits per heavy atom. The van der Waals surface area contributed by atoms with Crippen molar-refractivity contribution in [1.82, 2.24) is 20.2 Å². The average molecular weight is 332 g/mol. The van der Waals surface area contributed by atoms with Gasteiger partial charge >= 0.3 is 0 Å². The van der Waals surface area contributed by atoms with Gasteiger partial charge in [0, 0.05) is 25.2 Å². The molecule has 1 N–H and O–H groups in total. The lowest BCUT2D eigenvalue weighted by Crippen LogP contribution is -2.47. The molecule has 0 aliphatic carbocycles. The van der Waals surface area contributed by atoms with Crippen molar-refractivity contribution < 1.29 is 4.79 Å². The van der Waals surface area contributed by atoms with Crippen molar-refractivity contribution in [2.45, 2.75) is 13.5 Å². The molecule has 0 bridgehead atoms. The van der Waals surface area contributed by atoms with Gasteiger partial charge in [-0.25, -0.2) is 4.98 Å². The molecular weight excluding hydrogens is 312 g/mol. The summed E-state index contributed by atoms with van der Waals surface area (Å²) in [7, 11) is 0. The third-order valence-electron chi connectivity index (χ3n) is 4.41. The van der Waals surface area contributed by atoms with Crippen LogP contribution in [0.4, 0.5) is 0 Å². The van der Waals surface area contributed by atoms with Crippen LogP contribution in [0.25, 0.3) is 22.3 Å². The predicted molar refractivity (Wildman–Crippen MR) is 98.0 cm³/mol. The minimum absolute atomic E-state index is 0.0968. The molecule has 1 saturated heterocycles. The van der Waals surface area contributed by atoms with Gasteiger partial charge in [0.05, 0.1) is 29.5 Å². The monoisotopic (exact) mass is 332 g/mol. The van der Waals surface area contributed by atoms with E-state index >= 15 is 0 Å². The number of piperazine rings is 1. The number of carbonyl (C=O) groups is 1. The summed E-state index contributed by atoms with van der Waals surface area (Å²) in [6.45, 7) is 4.91. The van der Waals surface area contributed by atoms with Crippen molar-refractivity contribution in [3.63, 3.8) is 0 Å². The highest BCUT2D eigenvalue weighted by atomic mass is 16.2. The Morgan fingerprint density at radius 2 is 2.00 bits per heavy atom. The minimum Gasteiger partial charge on any atom is -0.354 e. The number of para-hydroxylation sites is 2. The van der Waals surface area contributed by atoms with Crippen LogP contribution in [0.15, 0.2) is 48.7 Å². The quantitative estimate of drug-likeness (QED) is 0.801. The standard InChI is InChI=1S/C20H20N4O/c1-14-8-15(12-24-7-6-21-20(25)13-24)10-16(9-14)19-11-22-17-4-2-3-5-18(17)23-19/h2-5,8-11H,6-7,12-13H2,1H3,(H,21,25). The van der Waals surface area contributed by atoms with Crippen molar-refractivity contribution in [3.8, 4) is 11.3 Å². The average Bonchev–Trinajstić information content (AvgIpc) is 2.61. The van der Waals surface area contributed by atoms with Crippen molar-refractivity contribution in [3.05, 3.63) is 59.8 Å². The predicted octanol–water partition coefficient (Wildman–Crippen LogP) is 2.54. The van der Waals surface area contributed by atoms with Crippen LogP contribution in [0.3, 0.4) is 0 Å². The van der Waals surface area contributed by atoms with Gasteiger partial charge in [0.2, 0.25) is 5.91 Å². The first-order valence-electron chi connectivity index (χ1n) is 8.49. The molecule has 4 rings (SSSR count). The Balaban J connectivity index is 1.65. The number of rotatable bonds is 3.